The van der Waals surface area contributed by atoms with Crippen molar-refractivity contribution in [2.45, 2.75) is 39.7 Å². The van der Waals surface area contributed by atoms with Crippen LogP contribution in [0, 0.1) is 0 Å². The minimum atomic E-state index is -3.33. The summed E-state index contributed by atoms with van der Waals surface area (Å²) in [5.41, 5.74) is 0. The van der Waals surface area contributed by atoms with Crippen LogP contribution in [0.4, 0.5) is 0 Å². The Morgan fingerprint density at radius 2 is 1.88 bits per heavy atom. The molecule has 0 aromatic rings. The summed E-state index contributed by atoms with van der Waals surface area (Å²) < 4.78 is 27.3. The van der Waals surface area contributed by atoms with Crippen LogP contribution in [0.1, 0.15) is 33.6 Å². The smallest absolute Gasteiger partial charge is 0.195 e. The Kier molecular flexibility index (Phi) is 7.55. The highest BCUT2D eigenvalue weighted by atomic mass is 35.5. The first-order chi connectivity index (χ1) is 7.41. The lowest BCUT2D eigenvalue weighted by Gasteiger charge is -2.30. The highest BCUT2D eigenvalue weighted by molar-refractivity contribution is 7.86. The molecule has 0 fully saturated rings. The molecule has 4 nitrogen and oxygen atoms in total. The maximum Gasteiger partial charge on any atom is 0.281 e. The minimum absolute atomic E-state index is 0.0356. The molecule has 0 amide bonds. The van der Waals surface area contributed by atoms with Crippen LogP contribution in [0.5, 0.6) is 0 Å². The first-order valence-electron chi connectivity index (χ1n) is 5.70. The van der Waals surface area contributed by atoms with Crippen molar-refractivity contribution < 1.29 is 8.42 Å². The second-order valence-corrected chi connectivity index (χ2v) is 6.20. The summed E-state index contributed by atoms with van der Waals surface area (Å²) in [7, 11) is -1.72. The van der Waals surface area contributed by atoms with Gasteiger partial charge in [0, 0.05) is 32.1 Å². The van der Waals surface area contributed by atoms with E-state index >= 15 is 0 Å². The van der Waals surface area contributed by atoms with Crippen LogP contribution in [-0.4, -0.2) is 49.1 Å². The minimum Gasteiger partial charge on any atom is -0.195 e. The van der Waals surface area contributed by atoms with E-state index in [-0.39, 0.29) is 6.04 Å². The van der Waals surface area contributed by atoms with E-state index in [1.54, 1.807) is 7.05 Å². The molecule has 0 saturated carbocycles. The molecule has 0 heterocycles. The summed E-state index contributed by atoms with van der Waals surface area (Å²) in [5, 5.41) is 0. The third-order valence-corrected chi connectivity index (χ3v) is 5.14. The number of halogens is 1. The van der Waals surface area contributed by atoms with Gasteiger partial charge in [-0.3, -0.25) is 0 Å². The number of hydrogen-bond acceptors (Lipinski definition) is 2. The van der Waals surface area contributed by atoms with Gasteiger partial charge in [0.05, 0.1) is 0 Å². The van der Waals surface area contributed by atoms with Gasteiger partial charge in [-0.15, -0.1) is 11.6 Å². The topological polar surface area (TPSA) is 40.6 Å². The predicted octanol–water partition coefficient (Wildman–Crippen LogP) is 1.91. The molecule has 16 heavy (non-hydrogen) atoms. The Hall–Kier alpha value is 0.160. The molecule has 0 aliphatic rings. The van der Waals surface area contributed by atoms with Gasteiger partial charge in [0.15, 0.2) is 0 Å². The molecule has 1 atom stereocenters. The van der Waals surface area contributed by atoms with Crippen molar-refractivity contribution in [3.05, 3.63) is 0 Å². The second kappa shape index (κ2) is 7.48. The summed E-state index contributed by atoms with van der Waals surface area (Å²) in [6.07, 6.45) is 1.49. The molecule has 0 rings (SSSR count). The largest absolute Gasteiger partial charge is 0.281 e. The molecule has 1 unspecified atom stereocenters. The van der Waals surface area contributed by atoms with Crippen LogP contribution in [0.25, 0.3) is 0 Å². The van der Waals surface area contributed by atoms with Crippen molar-refractivity contribution in [1.29, 1.82) is 0 Å². The van der Waals surface area contributed by atoms with Gasteiger partial charge in [0.1, 0.15) is 0 Å². The molecule has 0 radical (unpaired) electrons. The van der Waals surface area contributed by atoms with Crippen molar-refractivity contribution in [2.24, 2.45) is 0 Å². The quantitative estimate of drug-likeness (QED) is 0.632. The van der Waals surface area contributed by atoms with E-state index < -0.39 is 10.2 Å². The average molecular weight is 271 g/mol. The zero-order valence-electron chi connectivity index (χ0n) is 10.6. The third-order valence-electron chi connectivity index (χ3n) is 2.69. The molecule has 0 aliphatic heterocycles. The van der Waals surface area contributed by atoms with Gasteiger partial charge in [-0.1, -0.05) is 13.8 Å². The van der Waals surface area contributed by atoms with Gasteiger partial charge in [-0.25, -0.2) is 0 Å². The van der Waals surface area contributed by atoms with E-state index in [0.29, 0.717) is 25.4 Å². The highest BCUT2D eigenvalue weighted by Crippen LogP contribution is 2.13. The van der Waals surface area contributed by atoms with E-state index in [9.17, 15) is 8.42 Å². The van der Waals surface area contributed by atoms with Crippen molar-refractivity contribution in [3.8, 4) is 0 Å². The van der Waals surface area contributed by atoms with Crippen molar-refractivity contribution >= 4 is 21.8 Å². The molecule has 0 N–H and O–H groups in total. The normalized spacial score (nSPS) is 14.7. The Morgan fingerprint density at radius 3 is 2.25 bits per heavy atom. The zero-order chi connectivity index (χ0) is 12.8. The van der Waals surface area contributed by atoms with Crippen molar-refractivity contribution in [1.82, 2.24) is 8.61 Å². The van der Waals surface area contributed by atoms with Crippen molar-refractivity contribution in [3.63, 3.8) is 0 Å². The highest BCUT2D eigenvalue weighted by Gasteiger charge is 2.28. The molecular weight excluding hydrogens is 248 g/mol. The SMILES string of the molecule is CCC(C)N(CC)S(=O)(=O)N(C)CCCCl. The molecule has 6 heteroatoms. The van der Waals surface area contributed by atoms with Gasteiger partial charge in [-0.05, 0) is 19.8 Å². The molecule has 0 aliphatic carbocycles. The lowest BCUT2D eigenvalue weighted by Crippen LogP contribution is -2.46. The number of hydrogen-bond donors (Lipinski definition) is 0. The third kappa shape index (κ3) is 4.20. The maximum atomic E-state index is 12.2. The zero-order valence-corrected chi connectivity index (χ0v) is 12.2. The fraction of sp³-hybridized carbons (Fsp3) is 1.00. The summed E-state index contributed by atoms with van der Waals surface area (Å²) >= 11 is 5.56. The summed E-state index contributed by atoms with van der Waals surface area (Å²) in [6, 6.07) is 0.0356. The lowest BCUT2D eigenvalue weighted by atomic mass is 10.3. The van der Waals surface area contributed by atoms with Crippen LogP contribution in [0.15, 0.2) is 0 Å². The van der Waals surface area contributed by atoms with Crippen LogP contribution >= 0.6 is 11.6 Å². The fourth-order valence-corrected chi connectivity index (χ4v) is 3.25. The predicted molar refractivity (Wildman–Crippen MR) is 69.0 cm³/mol. The Morgan fingerprint density at radius 1 is 1.31 bits per heavy atom. The Bertz CT molecular complexity index is 283. The number of rotatable bonds is 8. The fourth-order valence-electron chi connectivity index (χ4n) is 1.48. The standard InChI is InChI=1S/C10H23ClN2O2S/c1-5-10(3)13(6-2)16(14,15)12(4)9-7-8-11/h10H,5-9H2,1-4H3. The van der Waals surface area contributed by atoms with Gasteiger partial charge in [0.25, 0.3) is 10.2 Å². The van der Waals surface area contributed by atoms with Gasteiger partial charge in [0.2, 0.25) is 0 Å². The van der Waals surface area contributed by atoms with Gasteiger partial charge >= 0.3 is 0 Å². The van der Waals surface area contributed by atoms with Crippen LogP contribution in [-0.2, 0) is 10.2 Å². The van der Waals surface area contributed by atoms with E-state index in [4.69, 9.17) is 11.6 Å². The maximum absolute atomic E-state index is 12.2. The van der Waals surface area contributed by atoms with Crippen LogP contribution in [0.2, 0.25) is 0 Å². The van der Waals surface area contributed by atoms with Crippen LogP contribution in [0.3, 0.4) is 0 Å². The summed E-state index contributed by atoms with van der Waals surface area (Å²) in [5.74, 6) is 0.481. The van der Waals surface area contributed by atoms with E-state index in [1.165, 1.54) is 8.61 Å². The molecule has 0 aromatic heterocycles. The molecule has 0 spiro atoms. The van der Waals surface area contributed by atoms with E-state index in [2.05, 4.69) is 0 Å². The summed E-state index contributed by atoms with van der Waals surface area (Å²) in [4.78, 5) is 0. The second-order valence-electron chi connectivity index (χ2n) is 3.83. The summed E-state index contributed by atoms with van der Waals surface area (Å²) in [6.45, 7) is 6.75. The number of nitrogens with zero attached hydrogens (tertiary/aromatic N) is 2. The molecule has 0 bridgehead atoms. The molecular formula is C10H23ClN2O2S. The van der Waals surface area contributed by atoms with Gasteiger partial charge in [-0.2, -0.15) is 17.0 Å². The Labute approximate surface area is 105 Å². The number of alkyl halides is 1. The average Bonchev–Trinajstić information content (AvgIpc) is 2.25. The molecule has 98 valence electrons. The van der Waals surface area contributed by atoms with E-state index in [1.807, 2.05) is 20.8 Å². The van der Waals surface area contributed by atoms with Crippen LogP contribution < -0.4 is 0 Å². The monoisotopic (exact) mass is 270 g/mol. The molecule has 0 aromatic carbocycles. The Balaban J connectivity index is 4.72. The van der Waals surface area contributed by atoms with Gasteiger partial charge < -0.3 is 0 Å². The first kappa shape index (κ1) is 16.2. The first-order valence-corrected chi connectivity index (χ1v) is 7.63. The van der Waals surface area contributed by atoms with Crippen molar-refractivity contribution in [2.75, 3.05) is 26.0 Å². The van der Waals surface area contributed by atoms with E-state index in [0.717, 1.165) is 6.42 Å². The molecule has 0 saturated heterocycles. The lowest BCUT2D eigenvalue weighted by molar-refractivity contribution is 0.310.